The van der Waals surface area contributed by atoms with E-state index in [2.05, 4.69) is 4.98 Å². The number of carbonyl (C=O) groups is 1. The van der Waals surface area contributed by atoms with Crippen LogP contribution in [0.5, 0.6) is 0 Å². The number of rotatable bonds is 4. The van der Waals surface area contributed by atoms with Crippen molar-refractivity contribution >= 4 is 17.2 Å². The number of likely N-dealkylation sites (N-methyl/N-ethyl adjacent to an activating group) is 1. The van der Waals surface area contributed by atoms with Crippen LogP contribution in [0.4, 0.5) is 0 Å². The van der Waals surface area contributed by atoms with Crippen molar-refractivity contribution in [1.29, 1.82) is 0 Å². The van der Waals surface area contributed by atoms with Gasteiger partial charge in [-0.05, 0) is 19.1 Å². The number of aryl methyl sites for hydroxylation is 1. The highest BCUT2D eigenvalue weighted by atomic mass is 32.1. The molecule has 2 aromatic rings. The van der Waals surface area contributed by atoms with E-state index in [0.717, 1.165) is 4.88 Å². The third-order valence-electron chi connectivity index (χ3n) is 2.51. The van der Waals surface area contributed by atoms with Gasteiger partial charge in [-0.15, -0.1) is 11.3 Å². The average Bonchev–Trinajstić information content (AvgIpc) is 2.97. The molecule has 0 unspecified atom stereocenters. The second-order valence-electron chi connectivity index (χ2n) is 3.85. The number of nitrogens with zero attached hydrogens (tertiary/aromatic N) is 2. The number of hydrogen-bond donors (Lipinski definition) is 1. The number of aliphatic hydroxyl groups excluding tert-OH is 1. The van der Waals surface area contributed by atoms with Crippen LogP contribution in [0.1, 0.15) is 15.4 Å². The lowest BCUT2D eigenvalue weighted by molar-refractivity contribution is 0.0761. The quantitative estimate of drug-likeness (QED) is 0.916. The van der Waals surface area contributed by atoms with Crippen LogP contribution in [0.15, 0.2) is 22.8 Å². The zero-order valence-corrected chi connectivity index (χ0v) is 11.0. The number of hydrogen-bond acceptors (Lipinski definition) is 5. The Hall–Kier alpha value is -1.66. The number of amides is 1. The molecule has 0 bridgehead atoms. The summed E-state index contributed by atoms with van der Waals surface area (Å²) in [5, 5.41) is 9.52. The molecule has 2 aromatic heterocycles. The van der Waals surface area contributed by atoms with Crippen molar-refractivity contribution in [3.63, 3.8) is 0 Å². The Morgan fingerprint density at radius 1 is 1.61 bits per heavy atom. The van der Waals surface area contributed by atoms with Crippen LogP contribution >= 0.6 is 11.3 Å². The van der Waals surface area contributed by atoms with Crippen molar-refractivity contribution in [2.45, 2.75) is 6.92 Å². The van der Waals surface area contributed by atoms with E-state index in [1.165, 1.54) is 16.2 Å². The zero-order chi connectivity index (χ0) is 13.1. The Morgan fingerprint density at radius 3 is 3.00 bits per heavy atom. The number of carbonyl (C=O) groups excluding carboxylic acids is 1. The van der Waals surface area contributed by atoms with Crippen LogP contribution in [0.3, 0.4) is 0 Å². The van der Waals surface area contributed by atoms with Gasteiger partial charge in [0.15, 0.2) is 10.8 Å². The Balaban J connectivity index is 2.27. The predicted molar refractivity (Wildman–Crippen MR) is 68.6 cm³/mol. The van der Waals surface area contributed by atoms with Crippen molar-refractivity contribution in [3.05, 3.63) is 29.0 Å². The number of thiazole rings is 1. The first-order valence-electron chi connectivity index (χ1n) is 5.51. The smallest absolute Gasteiger partial charge is 0.273 e. The van der Waals surface area contributed by atoms with Gasteiger partial charge in [-0.25, -0.2) is 4.98 Å². The van der Waals surface area contributed by atoms with Crippen LogP contribution in [-0.2, 0) is 0 Å². The molecule has 2 rings (SSSR count). The summed E-state index contributed by atoms with van der Waals surface area (Å²) < 4.78 is 5.26. The molecule has 0 aliphatic carbocycles. The second-order valence-corrected chi connectivity index (χ2v) is 5.05. The Labute approximate surface area is 109 Å². The lowest BCUT2D eigenvalue weighted by atomic mass is 10.3. The van der Waals surface area contributed by atoms with Crippen LogP contribution in [0.2, 0.25) is 0 Å². The molecule has 96 valence electrons. The summed E-state index contributed by atoms with van der Waals surface area (Å²) in [5.41, 5.74) is 0.419. The van der Waals surface area contributed by atoms with E-state index in [-0.39, 0.29) is 12.5 Å². The minimum atomic E-state index is -0.185. The van der Waals surface area contributed by atoms with Crippen LogP contribution in [0.25, 0.3) is 10.8 Å². The van der Waals surface area contributed by atoms with Gasteiger partial charge in [0, 0.05) is 18.5 Å². The summed E-state index contributed by atoms with van der Waals surface area (Å²) in [6.07, 6.45) is 1.57. The minimum Gasteiger partial charge on any atom is -0.462 e. The summed E-state index contributed by atoms with van der Waals surface area (Å²) in [6, 6.07) is 3.59. The number of aliphatic hydroxyl groups is 1. The second kappa shape index (κ2) is 5.32. The van der Waals surface area contributed by atoms with Crippen molar-refractivity contribution in [3.8, 4) is 10.8 Å². The first kappa shape index (κ1) is 12.8. The normalized spacial score (nSPS) is 10.6. The standard InChI is InChI=1S/C12H14N2O3S/c1-8-10(12(16)14(2)5-6-15)13-11(18-8)9-4-3-7-17-9/h3-4,7,15H,5-6H2,1-2H3. The predicted octanol–water partition coefficient (Wildman–Crippen LogP) is 1.78. The molecule has 5 nitrogen and oxygen atoms in total. The topological polar surface area (TPSA) is 66.6 Å². The van der Waals surface area contributed by atoms with Gasteiger partial charge in [-0.2, -0.15) is 0 Å². The molecule has 0 aliphatic rings. The molecular formula is C12H14N2O3S. The van der Waals surface area contributed by atoms with Crippen LogP contribution in [-0.4, -0.2) is 41.1 Å². The van der Waals surface area contributed by atoms with Crippen molar-refractivity contribution in [2.24, 2.45) is 0 Å². The Morgan fingerprint density at radius 2 is 2.39 bits per heavy atom. The van der Waals surface area contributed by atoms with Gasteiger partial charge in [-0.1, -0.05) is 0 Å². The molecule has 0 atom stereocenters. The maximum Gasteiger partial charge on any atom is 0.273 e. The van der Waals surface area contributed by atoms with Gasteiger partial charge in [0.05, 0.1) is 12.9 Å². The van der Waals surface area contributed by atoms with E-state index < -0.39 is 0 Å². The maximum absolute atomic E-state index is 12.1. The molecule has 18 heavy (non-hydrogen) atoms. The molecule has 0 spiro atoms. The summed E-state index contributed by atoms with van der Waals surface area (Å²) in [6.45, 7) is 2.09. The largest absolute Gasteiger partial charge is 0.462 e. The molecule has 0 aromatic carbocycles. The lowest BCUT2D eigenvalue weighted by Gasteiger charge is -2.14. The number of furan rings is 1. The summed E-state index contributed by atoms with van der Waals surface area (Å²) in [5.74, 6) is 0.475. The summed E-state index contributed by atoms with van der Waals surface area (Å²) in [7, 11) is 1.64. The molecule has 0 saturated heterocycles. The highest BCUT2D eigenvalue weighted by molar-refractivity contribution is 7.15. The highest BCUT2D eigenvalue weighted by Crippen LogP contribution is 2.28. The summed E-state index contributed by atoms with van der Waals surface area (Å²) >= 11 is 1.42. The highest BCUT2D eigenvalue weighted by Gasteiger charge is 2.20. The molecule has 1 N–H and O–H groups in total. The minimum absolute atomic E-state index is 0.0591. The van der Waals surface area contributed by atoms with Gasteiger partial charge < -0.3 is 14.4 Å². The van der Waals surface area contributed by atoms with Crippen molar-refractivity contribution in [1.82, 2.24) is 9.88 Å². The van der Waals surface area contributed by atoms with Crippen molar-refractivity contribution in [2.75, 3.05) is 20.2 Å². The molecule has 0 aliphatic heterocycles. The van der Waals surface area contributed by atoms with Crippen LogP contribution in [0, 0.1) is 6.92 Å². The SMILES string of the molecule is Cc1sc(-c2ccco2)nc1C(=O)N(C)CCO. The van der Waals surface area contributed by atoms with E-state index in [9.17, 15) is 4.79 Å². The maximum atomic E-state index is 12.1. The zero-order valence-electron chi connectivity index (χ0n) is 10.2. The monoisotopic (exact) mass is 266 g/mol. The fraction of sp³-hybridized carbons (Fsp3) is 0.333. The van der Waals surface area contributed by atoms with Gasteiger partial charge in [-0.3, -0.25) is 4.79 Å². The van der Waals surface area contributed by atoms with Crippen molar-refractivity contribution < 1.29 is 14.3 Å². The molecular weight excluding hydrogens is 252 g/mol. The first-order valence-corrected chi connectivity index (χ1v) is 6.32. The molecule has 0 radical (unpaired) electrons. The fourth-order valence-corrected chi connectivity index (χ4v) is 2.41. The average molecular weight is 266 g/mol. The van der Waals surface area contributed by atoms with E-state index in [1.807, 2.05) is 13.0 Å². The fourth-order valence-electron chi connectivity index (χ4n) is 1.53. The first-order chi connectivity index (χ1) is 8.63. The lowest BCUT2D eigenvalue weighted by Crippen LogP contribution is -2.30. The van der Waals surface area contributed by atoms with Gasteiger partial charge in [0.25, 0.3) is 5.91 Å². The molecule has 1 amide bonds. The van der Waals surface area contributed by atoms with Gasteiger partial charge >= 0.3 is 0 Å². The van der Waals surface area contributed by atoms with E-state index >= 15 is 0 Å². The van der Waals surface area contributed by atoms with E-state index in [1.54, 1.807) is 19.4 Å². The van der Waals surface area contributed by atoms with E-state index in [4.69, 9.17) is 9.52 Å². The summed E-state index contributed by atoms with van der Waals surface area (Å²) in [4.78, 5) is 18.7. The molecule has 0 saturated carbocycles. The number of aromatic nitrogens is 1. The molecule has 0 fully saturated rings. The van der Waals surface area contributed by atoms with Gasteiger partial charge in [0.1, 0.15) is 5.69 Å². The molecule has 6 heteroatoms. The van der Waals surface area contributed by atoms with Crippen LogP contribution < -0.4 is 0 Å². The Bertz CT molecular complexity index is 534. The Kier molecular flexibility index (Phi) is 3.78. The third-order valence-corrected chi connectivity index (χ3v) is 3.50. The van der Waals surface area contributed by atoms with E-state index in [0.29, 0.717) is 23.0 Å². The third kappa shape index (κ3) is 2.44. The molecule has 2 heterocycles. The van der Waals surface area contributed by atoms with Gasteiger partial charge in [0.2, 0.25) is 0 Å².